The van der Waals surface area contributed by atoms with Gasteiger partial charge in [0.15, 0.2) is 0 Å². The van der Waals surface area contributed by atoms with Gasteiger partial charge in [-0.05, 0) is 56.4 Å². The summed E-state index contributed by atoms with van der Waals surface area (Å²) < 4.78 is 1.92. The maximum Gasteiger partial charge on any atom is 0.0744 e. The first-order chi connectivity index (χ1) is 14.0. The first kappa shape index (κ1) is 19.8. The van der Waals surface area contributed by atoms with Crippen LogP contribution in [-0.2, 0) is 12.0 Å². The average Bonchev–Trinajstić information content (AvgIpc) is 3.21. The van der Waals surface area contributed by atoms with Gasteiger partial charge in [-0.15, -0.1) is 0 Å². The molecular weight excluding hydrogens is 364 g/mol. The fraction of sp³-hybridized carbons (Fsp3) is 0.375. The van der Waals surface area contributed by atoms with Gasteiger partial charge in [0.25, 0.3) is 0 Å². The molecule has 0 atom stereocenters. The summed E-state index contributed by atoms with van der Waals surface area (Å²) in [5.41, 5.74) is 5.43. The van der Waals surface area contributed by atoms with Gasteiger partial charge in [0.05, 0.1) is 36.4 Å². The molecule has 0 radical (unpaired) electrons. The van der Waals surface area contributed by atoms with Crippen LogP contribution in [0.2, 0.25) is 0 Å². The van der Waals surface area contributed by atoms with E-state index in [1.54, 1.807) is 0 Å². The Morgan fingerprint density at radius 2 is 1.66 bits per heavy atom. The highest BCUT2D eigenvalue weighted by atomic mass is 16.3. The molecule has 0 spiro atoms. The number of nitrogens with zero attached hydrogens (tertiary/aromatic N) is 2. The molecule has 29 heavy (non-hydrogen) atoms. The highest BCUT2D eigenvalue weighted by molar-refractivity contribution is 5.63. The van der Waals surface area contributed by atoms with E-state index in [9.17, 15) is 15.3 Å². The zero-order valence-corrected chi connectivity index (χ0v) is 16.8. The lowest BCUT2D eigenvalue weighted by Gasteiger charge is -2.36. The maximum absolute atomic E-state index is 10.3. The summed E-state index contributed by atoms with van der Waals surface area (Å²) in [6.45, 7) is 2.09. The topological polar surface area (TPSA) is 78.5 Å². The van der Waals surface area contributed by atoms with E-state index in [1.807, 2.05) is 28.9 Å². The molecule has 1 aromatic heterocycles. The number of aliphatic hydroxyl groups excluding tert-OH is 3. The van der Waals surface area contributed by atoms with E-state index < -0.39 is 5.41 Å². The summed E-state index contributed by atoms with van der Waals surface area (Å²) in [6, 6.07) is 18.1. The number of hydrogen-bond donors (Lipinski definition) is 3. The Bertz CT molecular complexity index is 953. The minimum Gasteiger partial charge on any atom is -0.395 e. The Labute approximate surface area is 171 Å². The van der Waals surface area contributed by atoms with Crippen LogP contribution in [0.15, 0.2) is 54.6 Å². The molecule has 0 unspecified atom stereocenters. The van der Waals surface area contributed by atoms with Crippen molar-refractivity contribution < 1.29 is 15.3 Å². The third kappa shape index (κ3) is 3.86. The highest BCUT2D eigenvalue weighted by Gasteiger charge is 2.38. The summed E-state index contributed by atoms with van der Waals surface area (Å²) in [5, 5.41) is 34.5. The third-order valence-corrected chi connectivity index (χ3v) is 6.18. The van der Waals surface area contributed by atoms with E-state index in [1.165, 1.54) is 5.56 Å². The summed E-state index contributed by atoms with van der Waals surface area (Å²) in [6.07, 6.45) is 2.51. The van der Waals surface area contributed by atoms with Crippen LogP contribution in [0.4, 0.5) is 0 Å². The molecular formula is C24H28N2O3. The number of hydrogen-bond acceptors (Lipinski definition) is 4. The number of aromatic nitrogens is 2. The molecule has 0 amide bonds. The Hall–Kier alpha value is -2.47. The lowest BCUT2D eigenvalue weighted by atomic mass is 9.71. The van der Waals surface area contributed by atoms with E-state index in [4.69, 9.17) is 5.10 Å². The van der Waals surface area contributed by atoms with Crippen LogP contribution in [-0.4, -0.2) is 37.8 Å². The molecule has 5 heteroatoms. The molecule has 3 aromatic rings. The van der Waals surface area contributed by atoms with Crippen LogP contribution in [0.1, 0.15) is 42.5 Å². The van der Waals surface area contributed by atoms with Crippen molar-refractivity contribution in [3.8, 4) is 16.9 Å². The fourth-order valence-electron chi connectivity index (χ4n) is 4.16. The van der Waals surface area contributed by atoms with Crippen LogP contribution >= 0.6 is 0 Å². The quantitative estimate of drug-likeness (QED) is 0.621. The molecule has 1 aliphatic rings. The SMILES string of the molecule is Cc1ccc(-c2cc(C3(CO)CCC(O)CC3)nn2-c2ccc(CO)cc2)cc1. The van der Waals surface area contributed by atoms with Gasteiger partial charge in [0.2, 0.25) is 0 Å². The summed E-state index contributed by atoms with van der Waals surface area (Å²) in [7, 11) is 0. The first-order valence-corrected chi connectivity index (χ1v) is 10.2. The molecule has 152 valence electrons. The smallest absolute Gasteiger partial charge is 0.0744 e. The van der Waals surface area contributed by atoms with Gasteiger partial charge in [-0.3, -0.25) is 0 Å². The minimum absolute atomic E-state index is 0.00536. The van der Waals surface area contributed by atoms with Crippen molar-refractivity contribution in [1.29, 1.82) is 0 Å². The molecule has 3 N–H and O–H groups in total. The fourth-order valence-corrected chi connectivity index (χ4v) is 4.16. The second-order valence-corrected chi connectivity index (χ2v) is 8.19. The predicted molar refractivity (Wildman–Crippen MR) is 113 cm³/mol. The van der Waals surface area contributed by atoms with Gasteiger partial charge in [0.1, 0.15) is 0 Å². The third-order valence-electron chi connectivity index (χ3n) is 6.18. The van der Waals surface area contributed by atoms with E-state index >= 15 is 0 Å². The number of aliphatic hydroxyl groups is 3. The summed E-state index contributed by atoms with van der Waals surface area (Å²) in [5.74, 6) is 0. The predicted octanol–water partition coefficient (Wildman–Crippen LogP) is 3.51. The van der Waals surface area contributed by atoms with Crippen LogP contribution in [0.3, 0.4) is 0 Å². The second kappa shape index (κ2) is 8.11. The van der Waals surface area contributed by atoms with Crippen molar-refractivity contribution in [3.63, 3.8) is 0 Å². The number of aryl methyl sites for hydroxylation is 1. The first-order valence-electron chi connectivity index (χ1n) is 10.2. The van der Waals surface area contributed by atoms with Crippen LogP contribution in [0.5, 0.6) is 0 Å². The Morgan fingerprint density at radius 3 is 2.24 bits per heavy atom. The van der Waals surface area contributed by atoms with E-state index in [-0.39, 0.29) is 19.3 Å². The molecule has 1 aliphatic carbocycles. The van der Waals surface area contributed by atoms with Crippen molar-refractivity contribution in [1.82, 2.24) is 9.78 Å². The second-order valence-electron chi connectivity index (χ2n) is 8.19. The molecule has 1 saturated carbocycles. The van der Waals surface area contributed by atoms with Crippen molar-refractivity contribution >= 4 is 0 Å². The van der Waals surface area contributed by atoms with Gasteiger partial charge in [-0.25, -0.2) is 4.68 Å². The zero-order valence-electron chi connectivity index (χ0n) is 16.8. The normalized spacial score (nSPS) is 22.0. The lowest BCUT2D eigenvalue weighted by molar-refractivity contribution is 0.0654. The van der Waals surface area contributed by atoms with Crippen LogP contribution < -0.4 is 0 Å². The number of rotatable bonds is 5. The summed E-state index contributed by atoms with van der Waals surface area (Å²) >= 11 is 0. The van der Waals surface area contributed by atoms with Gasteiger partial charge in [-0.1, -0.05) is 42.0 Å². The van der Waals surface area contributed by atoms with Gasteiger partial charge >= 0.3 is 0 Å². The Balaban J connectivity index is 1.82. The molecule has 1 fully saturated rings. The molecule has 5 nitrogen and oxygen atoms in total. The highest BCUT2D eigenvalue weighted by Crippen LogP contribution is 2.40. The van der Waals surface area contributed by atoms with E-state index in [0.29, 0.717) is 12.8 Å². The largest absolute Gasteiger partial charge is 0.395 e. The molecule has 2 aromatic carbocycles. The maximum atomic E-state index is 10.3. The van der Waals surface area contributed by atoms with Crippen molar-refractivity contribution in [3.05, 3.63) is 71.4 Å². The molecule has 4 rings (SSSR count). The molecule has 1 heterocycles. The minimum atomic E-state index is -0.422. The molecule has 0 aliphatic heterocycles. The monoisotopic (exact) mass is 392 g/mol. The molecule has 0 bridgehead atoms. The number of benzene rings is 2. The van der Waals surface area contributed by atoms with Crippen molar-refractivity contribution in [2.45, 2.75) is 50.7 Å². The van der Waals surface area contributed by atoms with Gasteiger partial charge in [-0.2, -0.15) is 5.10 Å². The Morgan fingerprint density at radius 1 is 1.00 bits per heavy atom. The van der Waals surface area contributed by atoms with Gasteiger partial charge in [0, 0.05) is 11.0 Å². The summed E-state index contributed by atoms with van der Waals surface area (Å²) in [4.78, 5) is 0. The average molecular weight is 392 g/mol. The van der Waals surface area contributed by atoms with E-state index in [2.05, 4.69) is 37.3 Å². The standard InChI is InChI=1S/C24H28N2O3/c1-17-2-6-19(7-3-17)22-14-23(24(16-28)12-10-21(29)11-13-24)25-26(22)20-8-4-18(15-27)5-9-20/h2-9,14,21,27-29H,10-13,15-16H2,1H3. The molecule has 0 saturated heterocycles. The van der Waals surface area contributed by atoms with Crippen LogP contribution in [0, 0.1) is 6.92 Å². The van der Waals surface area contributed by atoms with Crippen LogP contribution in [0.25, 0.3) is 16.9 Å². The lowest BCUT2D eigenvalue weighted by Crippen LogP contribution is -2.37. The Kier molecular flexibility index (Phi) is 5.54. The zero-order chi connectivity index (χ0) is 20.4. The van der Waals surface area contributed by atoms with Gasteiger partial charge < -0.3 is 15.3 Å². The van der Waals surface area contributed by atoms with Crippen molar-refractivity contribution in [2.24, 2.45) is 0 Å². The van der Waals surface area contributed by atoms with Crippen molar-refractivity contribution in [2.75, 3.05) is 6.61 Å². The van der Waals surface area contributed by atoms with E-state index in [0.717, 1.165) is 41.0 Å².